The summed E-state index contributed by atoms with van der Waals surface area (Å²) in [6.07, 6.45) is 3.26. The predicted molar refractivity (Wildman–Crippen MR) is 77.8 cm³/mol. The molecule has 1 saturated carbocycles. The highest BCUT2D eigenvalue weighted by Crippen LogP contribution is 2.38. The largest absolute Gasteiger partial charge is 0.481 e. The van der Waals surface area contributed by atoms with Crippen LogP contribution < -0.4 is 5.32 Å². The molecule has 0 spiro atoms. The number of carboxylic acids is 1. The van der Waals surface area contributed by atoms with Crippen LogP contribution >= 0.6 is 0 Å². The van der Waals surface area contributed by atoms with Crippen molar-refractivity contribution in [3.63, 3.8) is 0 Å². The van der Waals surface area contributed by atoms with Crippen LogP contribution in [0.15, 0.2) is 0 Å². The summed E-state index contributed by atoms with van der Waals surface area (Å²) in [5.74, 6) is -0.421. The number of rotatable bonds is 3. The molecular formula is C15H20N4O2. The Labute approximate surface area is 124 Å². The third-order valence-corrected chi connectivity index (χ3v) is 4.57. The zero-order valence-corrected chi connectivity index (χ0v) is 12.6. The summed E-state index contributed by atoms with van der Waals surface area (Å²) in [4.78, 5) is 11.6. The number of hydrogen-bond acceptors (Lipinski definition) is 5. The molecule has 6 heteroatoms. The first-order valence-electron chi connectivity index (χ1n) is 7.14. The number of nitriles is 1. The molecule has 2 atom stereocenters. The summed E-state index contributed by atoms with van der Waals surface area (Å²) in [5.41, 5.74) is 1.09. The van der Waals surface area contributed by atoms with Crippen molar-refractivity contribution in [3.05, 3.63) is 16.8 Å². The molecule has 1 heterocycles. The number of nitrogens with one attached hydrogen (secondary N) is 1. The van der Waals surface area contributed by atoms with E-state index in [1.165, 1.54) is 0 Å². The monoisotopic (exact) mass is 288 g/mol. The van der Waals surface area contributed by atoms with Gasteiger partial charge in [-0.25, -0.2) is 0 Å². The van der Waals surface area contributed by atoms with Gasteiger partial charge in [-0.05, 0) is 39.2 Å². The van der Waals surface area contributed by atoms with Crippen LogP contribution in [0.25, 0.3) is 0 Å². The number of nitrogens with zero attached hydrogens (tertiary/aromatic N) is 3. The predicted octanol–water partition coefficient (Wildman–Crippen LogP) is 2.41. The molecule has 1 aromatic heterocycles. The van der Waals surface area contributed by atoms with Gasteiger partial charge in [0.15, 0.2) is 5.82 Å². The van der Waals surface area contributed by atoms with E-state index in [0.717, 1.165) is 24.8 Å². The quantitative estimate of drug-likeness (QED) is 0.886. The molecule has 21 heavy (non-hydrogen) atoms. The van der Waals surface area contributed by atoms with Gasteiger partial charge in [0.1, 0.15) is 11.6 Å². The van der Waals surface area contributed by atoms with Gasteiger partial charge >= 0.3 is 5.97 Å². The van der Waals surface area contributed by atoms with Crippen LogP contribution in [-0.2, 0) is 4.79 Å². The first-order valence-corrected chi connectivity index (χ1v) is 7.14. The molecule has 112 valence electrons. The first kappa shape index (κ1) is 15.2. The van der Waals surface area contributed by atoms with Crippen molar-refractivity contribution in [1.82, 2.24) is 10.2 Å². The van der Waals surface area contributed by atoms with Gasteiger partial charge < -0.3 is 10.4 Å². The Morgan fingerprint density at radius 1 is 1.43 bits per heavy atom. The van der Waals surface area contributed by atoms with Gasteiger partial charge in [0.05, 0.1) is 11.1 Å². The standard InChI is InChI=1S/C15H20N4O2/c1-9-10(2)18-19-13(11(9)8-16)17-12-6-4-5-7-15(12,3)14(20)21/h12H,4-7H2,1-3H3,(H,17,19)(H,20,21). The fraction of sp³-hybridized carbons (Fsp3) is 0.600. The molecule has 0 bridgehead atoms. The average Bonchev–Trinajstić information content (AvgIpc) is 2.45. The lowest BCUT2D eigenvalue weighted by Gasteiger charge is -2.38. The summed E-state index contributed by atoms with van der Waals surface area (Å²) in [5, 5.41) is 30.1. The summed E-state index contributed by atoms with van der Waals surface area (Å²) in [6.45, 7) is 5.38. The van der Waals surface area contributed by atoms with E-state index in [2.05, 4.69) is 21.6 Å². The number of aliphatic carboxylic acids is 1. The smallest absolute Gasteiger partial charge is 0.311 e. The second-order valence-electron chi connectivity index (χ2n) is 5.91. The lowest BCUT2D eigenvalue weighted by atomic mass is 9.71. The van der Waals surface area contributed by atoms with Gasteiger partial charge in [0.25, 0.3) is 0 Å². The molecule has 2 N–H and O–H groups in total. The Balaban J connectivity index is 2.35. The second kappa shape index (κ2) is 5.68. The molecule has 1 fully saturated rings. The normalized spacial score (nSPS) is 25.1. The molecule has 0 aromatic carbocycles. The van der Waals surface area contributed by atoms with E-state index in [1.54, 1.807) is 13.8 Å². The van der Waals surface area contributed by atoms with Gasteiger partial charge in [-0.3, -0.25) is 4.79 Å². The Morgan fingerprint density at radius 3 is 2.76 bits per heavy atom. The maximum atomic E-state index is 11.6. The van der Waals surface area contributed by atoms with Crippen molar-refractivity contribution in [3.8, 4) is 6.07 Å². The summed E-state index contributed by atoms with van der Waals surface area (Å²) < 4.78 is 0. The fourth-order valence-electron chi connectivity index (χ4n) is 2.83. The second-order valence-corrected chi connectivity index (χ2v) is 5.91. The highest BCUT2D eigenvalue weighted by Gasteiger charge is 2.43. The van der Waals surface area contributed by atoms with E-state index in [4.69, 9.17) is 0 Å². The van der Waals surface area contributed by atoms with Crippen LogP contribution in [0.3, 0.4) is 0 Å². The topological polar surface area (TPSA) is 98.9 Å². The zero-order chi connectivity index (χ0) is 15.6. The van der Waals surface area contributed by atoms with Crippen molar-refractivity contribution in [2.45, 2.75) is 52.5 Å². The number of aryl methyl sites for hydroxylation is 1. The van der Waals surface area contributed by atoms with Gasteiger partial charge in [-0.15, -0.1) is 5.10 Å². The van der Waals surface area contributed by atoms with Gasteiger partial charge in [0, 0.05) is 6.04 Å². The van der Waals surface area contributed by atoms with E-state index < -0.39 is 11.4 Å². The Hall–Kier alpha value is -2.16. The molecule has 0 saturated heterocycles. The number of hydrogen-bond donors (Lipinski definition) is 2. The molecule has 0 aliphatic heterocycles. The van der Waals surface area contributed by atoms with Crippen molar-refractivity contribution in [1.29, 1.82) is 5.26 Å². The van der Waals surface area contributed by atoms with E-state index in [9.17, 15) is 15.2 Å². The van der Waals surface area contributed by atoms with Crippen LogP contribution in [0.5, 0.6) is 0 Å². The fourth-order valence-corrected chi connectivity index (χ4v) is 2.83. The molecule has 6 nitrogen and oxygen atoms in total. The van der Waals surface area contributed by atoms with Gasteiger partial charge in [-0.2, -0.15) is 10.4 Å². The van der Waals surface area contributed by atoms with Crippen molar-refractivity contribution < 1.29 is 9.90 Å². The van der Waals surface area contributed by atoms with Crippen molar-refractivity contribution in [2.24, 2.45) is 5.41 Å². The summed E-state index contributed by atoms with van der Waals surface area (Å²) >= 11 is 0. The SMILES string of the molecule is Cc1nnc(NC2CCCCC2(C)C(=O)O)c(C#N)c1C. The molecule has 1 aliphatic rings. The maximum absolute atomic E-state index is 11.6. The molecular weight excluding hydrogens is 268 g/mol. The minimum absolute atomic E-state index is 0.243. The van der Waals surface area contributed by atoms with E-state index in [1.807, 2.05) is 6.92 Å². The lowest BCUT2D eigenvalue weighted by Crippen LogP contribution is -2.47. The van der Waals surface area contributed by atoms with Crippen LogP contribution in [0.2, 0.25) is 0 Å². The van der Waals surface area contributed by atoms with Crippen LogP contribution in [-0.4, -0.2) is 27.3 Å². The number of anilines is 1. The highest BCUT2D eigenvalue weighted by molar-refractivity contribution is 5.76. The van der Waals surface area contributed by atoms with Crippen LogP contribution in [0.4, 0.5) is 5.82 Å². The van der Waals surface area contributed by atoms with Crippen LogP contribution in [0.1, 0.15) is 49.4 Å². The number of aromatic nitrogens is 2. The third kappa shape index (κ3) is 2.68. The Kier molecular flexibility index (Phi) is 4.12. The maximum Gasteiger partial charge on any atom is 0.311 e. The minimum atomic E-state index is -0.842. The summed E-state index contributed by atoms with van der Waals surface area (Å²) in [6, 6.07) is 1.90. The molecule has 2 unspecified atom stereocenters. The number of carbonyl (C=O) groups is 1. The number of carboxylic acid groups (broad SMARTS) is 1. The highest BCUT2D eigenvalue weighted by atomic mass is 16.4. The minimum Gasteiger partial charge on any atom is -0.481 e. The van der Waals surface area contributed by atoms with E-state index in [-0.39, 0.29) is 6.04 Å². The van der Waals surface area contributed by atoms with E-state index in [0.29, 0.717) is 23.5 Å². The van der Waals surface area contributed by atoms with Gasteiger partial charge in [-0.1, -0.05) is 12.8 Å². The molecule has 1 aromatic rings. The zero-order valence-electron chi connectivity index (χ0n) is 12.6. The molecule has 0 radical (unpaired) electrons. The third-order valence-electron chi connectivity index (χ3n) is 4.57. The molecule has 1 aliphatic carbocycles. The molecule has 0 amide bonds. The summed E-state index contributed by atoms with van der Waals surface area (Å²) in [7, 11) is 0. The first-order chi connectivity index (χ1) is 9.90. The van der Waals surface area contributed by atoms with E-state index >= 15 is 0 Å². The van der Waals surface area contributed by atoms with Gasteiger partial charge in [0.2, 0.25) is 0 Å². The van der Waals surface area contributed by atoms with Crippen molar-refractivity contribution in [2.75, 3.05) is 5.32 Å². The Morgan fingerprint density at radius 2 is 2.14 bits per heavy atom. The molecule has 2 rings (SSSR count). The average molecular weight is 288 g/mol. The van der Waals surface area contributed by atoms with Crippen LogP contribution in [0, 0.1) is 30.6 Å². The lowest BCUT2D eigenvalue weighted by molar-refractivity contribution is -0.150. The van der Waals surface area contributed by atoms with Crippen molar-refractivity contribution >= 4 is 11.8 Å². The Bertz CT molecular complexity index is 608.